The monoisotopic (exact) mass is 511 g/mol. The lowest BCUT2D eigenvalue weighted by molar-refractivity contribution is -0.0565. The summed E-state index contributed by atoms with van der Waals surface area (Å²) in [6.07, 6.45) is 2.78. The highest BCUT2D eigenvalue weighted by molar-refractivity contribution is 7.89. The Morgan fingerprint density at radius 2 is 1.63 bits per heavy atom. The van der Waals surface area contributed by atoms with E-state index in [1.54, 1.807) is 66.7 Å². The fourth-order valence-electron chi connectivity index (χ4n) is 4.76. The zero-order chi connectivity index (χ0) is 24.6. The van der Waals surface area contributed by atoms with E-state index >= 15 is 0 Å². The van der Waals surface area contributed by atoms with E-state index in [4.69, 9.17) is 11.6 Å². The van der Waals surface area contributed by atoms with Gasteiger partial charge in [-0.1, -0.05) is 60.5 Å². The first-order valence-corrected chi connectivity index (χ1v) is 13.4. The molecule has 0 aromatic heterocycles. The van der Waals surface area contributed by atoms with Crippen LogP contribution in [0.5, 0.6) is 0 Å². The van der Waals surface area contributed by atoms with Crippen LogP contribution in [0.15, 0.2) is 77.7 Å². The molecule has 2 aliphatic heterocycles. The Morgan fingerprint density at radius 1 is 0.943 bits per heavy atom. The lowest BCUT2D eigenvalue weighted by Crippen LogP contribution is -2.55. The molecule has 7 nitrogen and oxygen atoms in total. The summed E-state index contributed by atoms with van der Waals surface area (Å²) in [5, 5.41) is 15.3. The molecule has 2 N–H and O–H groups in total. The summed E-state index contributed by atoms with van der Waals surface area (Å²) in [4.78, 5) is 14.7. The van der Waals surface area contributed by atoms with Crippen molar-refractivity contribution in [2.24, 2.45) is 0 Å². The third-order valence-corrected chi connectivity index (χ3v) is 8.78. The van der Waals surface area contributed by atoms with Gasteiger partial charge in [-0.2, -0.15) is 4.31 Å². The Bertz CT molecular complexity index is 1340. The number of sulfonamides is 1. The predicted octanol–water partition coefficient (Wildman–Crippen LogP) is 4.76. The molecule has 2 aliphatic rings. The number of nitrogens with zero attached hydrogens (tertiary/aromatic N) is 2. The molecule has 35 heavy (non-hydrogen) atoms. The largest absolute Gasteiger partial charge is 0.363 e. The molecule has 3 aromatic carbocycles. The number of urea groups is 1. The minimum Gasteiger partial charge on any atom is -0.363 e. The molecule has 182 valence electrons. The van der Waals surface area contributed by atoms with Gasteiger partial charge in [-0.15, -0.1) is 0 Å². The van der Waals surface area contributed by atoms with Crippen LogP contribution in [-0.4, -0.2) is 41.9 Å². The number of hydrogen-bond acceptors (Lipinski definition) is 4. The van der Waals surface area contributed by atoms with Gasteiger partial charge in [-0.3, -0.25) is 4.90 Å². The molecule has 3 aromatic rings. The first kappa shape index (κ1) is 23.8. The van der Waals surface area contributed by atoms with Gasteiger partial charge >= 0.3 is 6.03 Å². The van der Waals surface area contributed by atoms with Gasteiger partial charge in [0, 0.05) is 29.2 Å². The van der Waals surface area contributed by atoms with Crippen molar-refractivity contribution in [3.63, 3.8) is 0 Å². The van der Waals surface area contributed by atoms with Crippen LogP contribution in [0.4, 0.5) is 10.5 Å². The Hall–Kier alpha value is -2.91. The molecule has 2 heterocycles. The van der Waals surface area contributed by atoms with E-state index in [2.05, 4.69) is 5.32 Å². The molecule has 0 aliphatic carbocycles. The standard InChI is InChI=1S/C26H26ClN3O4S/c27-21-11-14-24-23(17-21)26(32,20-7-3-1-4-8-20)30(25(31)28-24)18-19-9-12-22(13-10-19)35(33,34)29-15-5-2-6-16-29/h1,3-4,7-14,17,32H,2,5-6,15-16,18H2,(H,28,31). The summed E-state index contributed by atoms with van der Waals surface area (Å²) in [5.41, 5.74) is 0.354. The van der Waals surface area contributed by atoms with Crippen LogP contribution in [0, 0.1) is 0 Å². The highest BCUT2D eigenvalue weighted by Crippen LogP contribution is 2.43. The van der Waals surface area contributed by atoms with Gasteiger partial charge in [0.15, 0.2) is 5.72 Å². The Kier molecular flexibility index (Phi) is 6.31. The third kappa shape index (κ3) is 4.31. The molecule has 0 saturated carbocycles. The van der Waals surface area contributed by atoms with E-state index < -0.39 is 21.8 Å². The van der Waals surface area contributed by atoms with E-state index in [0.29, 0.717) is 40.5 Å². The van der Waals surface area contributed by atoms with Gasteiger partial charge in [-0.05, 0) is 48.7 Å². The maximum atomic E-state index is 13.2. The van der Waals surface area contributed by atoms with E-state index in [0.717, 1.165) is 19.3 Å². The van der Waals surface area contributed by atoms with Crippen LogP contribution < -0.4 is 5.32 Å². The number of carbonyl (C=O) groups excluding carboxylic acids is 1. The van der Waals surface area contributed by atoms with Crippen LogP contribution >= 0.6 is 11.6 Å². The van der Waals surface area contributed by atoms with Crippen LogP contribution in [0.25, 0.3) is 0 Å². The van der Waals surface area contributed by atoms with E-state index in [1.807, 2.05) is 6.07 Å². The molecule has 9 heteroatoms. The molecule has 0 bridgehead atoms. The van der Waals surface area contributed by atoms with Crippen molar-refractivity contribution >= 4 is 33.3 Å². The molecule has 1 fully saturated rings. The van der Waals surface area contributed by atoms with E-state index in [-0.39, 0.29) is 11.4 Å². The minimum atomic E-state index is -3.56. The molecule has 0 radical (unpaired) electrons. The zero-order valence-corrected chi connectivity index (χ0v) is 20.6. The van der Waals surface area contributed by atoms with Crippen molar-refractivity contribution < 1.29 is 18.3 Å². The summed E-state index contributed by atoms with van der Waals surface area (Å²) in [5.74, 6) is 0. The van der Waals surface area contributed by atoms with E-state index in [1.165, 1.54) is 9.21 Å². The lowest BCUT2D eigenvalue weighted by Gasteiger charge is -2.44. The van der Waals surface area contributed by atoms with Crippen molar-refractivity contribution in [3.05, 3.63) is 94.5 Å². The molecule has 1 atom stereocenters. The normalized spacial score (nSPS) is 20.9. The molecular weight excluding hydrogens is 486 g/mol. The van der Waals surface area contributed by atoms with Gasteiger partial charge in [0.2, 0.25) is 10.0 Å². The smallest absolute Gasteiger partial charge is 0.324 e. The van der Waals surface area contributed by atoms with Crippen LogP contribution in [0.3, 0.4) is 0 Å². The molecule has 2 amide bonds. The van der Waals surface area contributed by atoms with Crippen LogP contribution in [-0.2, 0) is 22.3 Å². The maximum absolute atomic E-state index is 13.2. The minimum absolute atomic E-state index is 0.0488. The van der Waals surface area contributed by atoms with Gasteiger partial charge in [0.25, 0.3) is 0 Å². The molecular formula is C26H26ClN3O4S. The first-order valence-electron chi connectivity index (χ1n) is 11.6. The number of piperidine rings is 1. The van der Waals surface area contributed by atoms with Crippen LogP contribution in [0.2, 0.25) is 5.02 Å². The average molecular weight is 512 g/mol. The fraction of sp³-hybridized carbons (Fsp3) is 0.269. The number of aliphatic hydroxyl groups is 1. The number of rotatable bonds is 5. The lowest BCUT2D eigenvalue weighted by atomic mass is 9.89. The number of anilines is 1. The predicted molar refractivity (Wildman–Crippen MR) is 135 cm³/mol. The second-order valence-electron chi connectivity index (χ2n) is 8.85. The van der Waals surface area contributed by atoms with Crippen molar-refractivity contribution in [1.29, 1.82) is 0 Å². The highest BCUT2D eigenvalue weighted by Gasteiger charge is 2.46. The second kappa shape index (κ2) is 9.28. The van der Waals surface area contributed by atoms with E-state index in [9.17, 15) is 18.3 Å². The summed E-state index contributed by atoms with van der Waals surface area (Å²) < 4.78 is 27.5. The summed E-state index contributed by atoms with van der Waals surface area (Å²) >= 11 is 6.26. The second-order valence-corrected chi connectivity index (χ2v) is 11.2. The number of carbonyl (C=O) groups is 1. The third-order valence-electron chi connectivity index (χ3n) is 6.63. The number of benzene rings is 3. The zero-order valence-electron chi connectivity index (χ0n) is 19.0. The number of halogens is 1. The van der Waals surface area contributed by atoms with Crippen molar-refractivity contribution in [2.45, 2.75) is 36.4 Å². The summed E-state index contributed by atoms with van der Waals surface area (Å²) in [7, 11) is -3.56. The first-order chi connectivity index (χ1) is 16.8. The molecule has 1 unspecified atom stereocenters. The van der Waals surface area contributed by atoms with Crippen LogP contribution in [0.1, 0.15) is 36.0 Å². The number of nitrogens with one attached hydrogen (secondary N) is 1. The molecule has 1 saturated heterocycles. The quantitative estimate of drug-likeness (QED) is 0.517. The maximum Gasteiger partial charge on any atom is 0.324 e. The van der Waals surface area contributed by atoms with Crippen molar-refractivity contribution in [1.82, 2.24) is 9.21 Å². The summed E-state index contributed by atoms with van der Waals surface area (Å²) in [6, 6.07) is 19.9. The number of fused-ring (bicyclic) bond motifs is 1. The molecule has 0 spiro atoms. The summed E-state index contributed by atoms with van der Waals surface area (Å²) in [6.45, 7) is 1.11. The van der Waals surface area contributed by atoms with Gasteiger partial charge in [0.05, 0.1) is 17.1 Å². The fourth-order valence-corrected chi connectivity index (χ4v) is 6.45. The number of hydrogen-bond donors (Lipinski definition) is 2. The topological polar surface area (TPSA) is 90.0 Å². The Morgan fingerprint density at radius 3 is 2.31 bits per heavy atom. The van der Waals surface area contributed by atoms with Crippen molar-refractivity contribution in [2.75, 3.05) is 18.4 Å². The van der Waals surface area contributed by atoms with Gasteiger partial charge < -0.3 is 10.4 Å². The van der Waals surface area contributed by atoms with Crippen molar-refractivity contribution in [3.8, 4) is 0 Å². The average Bonchev–Trinajstić information content (AvgIpc) is 2.88. The highest BCUT2D eigenvalue weighted by atomic mass is 35.5. The van der Waals surface area contributed by atoms with Gasteiger partial charge in [-0.25, -0.2) is 13.2 Å². The van der Waals surface area contributed by atoms with Gasteiger partial charge in [0.1, 0.15) is 0 Å². The Balaban J connectivity index is 1.49. The molecule has 5 rings (SSSR count). The Labute approximate surface area is 210 Å². The SMILES string of the molecule is O=C1Nc2ccc(Cl)cc2C(O)(c2ccccc2)N1Cc1ccc(S(=O)(=O)N2CCCCC2)cc1. The number of amides is 2.